The van der Waals surface area contributed by atoms with Crippen LogP contribution in [0.15, 0.2) is 29.2 Å². The second kappa shape index (κ2) is 5.32. The molecule has 0 aliphatic rings. The van der Waals surface area contributed by atoms with Gasteiger partial charge in [-0.1, -0.05) is 23.9 Å². The van der Waals surface area contributed by atoms with Gasteiger partial charge in [0.15, 0.2) is 0 Å². The molecule has 0 unspecified atom stereocenters. The average Bonchev–Trinajstić information content (AvgIpc) is 2.01. The van der Waals surface area contributed by atoms with Crippen LogP contribution in [0.1, 0.15) is 12.5 Å². The van der Waals surface area contributed by atoms with Crippen LogP contribution in [0.3, 0.4) is 0 Å². The molecule has 0 aliphatic carbocycles. The van der Waals surface area contributed by atoms with Gasteiger partial charge in [0.1, 0.15) is 0 Å². The van der Waals surface area contributed by atoms with Gasteiger partial charge < -0.3 is 5.11 Å². The summed E-state index contributed by atoms with van der Waals surface area (Å²) < 4.78 is 24.1. The summed E-state index contributed by atoms with van der Waals surface area (Å²) in [6.07, 6.45) is 0.0549. The summed E-state index contributed by atoms with van der Waals surface area (Å²) in [6, 6.07) is 6.87. The fourth-order valence-electron chi connectivity index (χ4n) is 1.19. The van der Waals surface area contributed by atoms with Crippen LogP contribution in [0.25, 0.3) is 0 Å². The summed E-state index contributed by atoms with van der Waals surface area (Å²) in [5, 5.41) is 9.12. The minimum absolute atomic E-state index is 0.443. The van der Waals surface area contributed by atoms with Crippen LogP contribution in [0.2, 0.25) is 0 Å². The van der Waals surface area contributed by atoms with Crippen LogP contribution in [0.4, 0.5) is 8.78 Å². The third kappa shape index (κ3) is 4.07. The number of rotatable bonds is 4. The van der Waals surface area contributed by atoms with E-state index in [4.69, 9.17) is 5.11 Å². The molecule has 1 atom stereocenters. The Hall–Kier alpha value is -0.610. The molecule has 0 aliphatic heterocycles. The van der Waals surface area contributed by atoms with E-state index < -0.39 is 11.9 Å². The molecule has 1 aromatic rings. The second-order valence-electron chi connectivity index (χ2n) is 3.08. The Kier molecular flexibility index (Phi) is 4.35. The maximum Gasteiger partial charge on any atom is 0.288 e. The molecule has 1 N–H and O–H groups in total. The summed E-state index contributed by atoms with van der Waals surface area (Å²) in [6.45, 7) is 1.67. The highest BCUT2D eigenvalue weighted by Gasteiger charge is 2.06. The number of hydrogen-bond acceptors (Lipinski definition) is 2. The molecular formula is C10H12F2OS. The SMILES string of the molecule is C[C@@H](O)Cc1cccc(SC(F)F)c1. The number of hydrogen-bond donors (Lipinski definition) is 1. The van der Waals surface area contributed by atoms with Crippen LogP contribution in [-0.4, -0.2) is 17.0 Å². The van der Waals surface area contributed by atoms with Crippen molar-refractivity contribution in [1.29, 1.82) is 0 Å². The minimum atomic E-state index is -2.39. The van der Waals surface area contributed by atoms with E-state index in [0.717, 1.165) is 5.56 Å². The zero-order chi connectivity index (χ0) is 10.6. The lowest BCUT2D eigenvalue weighted by Crippen LogP contribution is -2.03. The summed E-state index contributed by atoms with van der Waals surface area (Å²) in [5.41, 5.74) is 0.880. The molecule has 0 heterocycles. The standard InChI is InChI=1S/C10H12F2OS/c1-7(13)5-8-3-2-4-9(6-8)14-10(11)12/h2-4,6-7,10,13H,5H2,1H3/t7-/m1/s1. The number of aliphatic hydroxyl groups is 1. The van der Waals surface area contributed by atoms with Gasteiger partial charge in [0.2, 0.25) is 0 Å². The Balaban J connectivity index is 2.68. The Morgan fingerprint density at radius 3 is 2.71 bits per heavy atom. The average molecular weight is 218 g/mol. The highest BCUT2D eigenvalue weighted by atomic mass is 32.2. The van der Waals surface area contributed by atoms with Crippen molar-refractivity contribution in [3.05, 3.63) is 29.8 Å². The number of aliphatic hydroxyl groups excluding tert-OH is 1. The first-order valence-corrected chi connectivity index (χ1v) is 5.17. The number of halogens is 2. The molecule has 4 heteroatoms. The van der Waals surface area contributed by atoms with Crippen LogP contribution >= 0.6 is 11.8 Å². The van der Waals surface area contributed by atoms with Gasteiger partial charge in [0.05, 0.1) is 6.10 Å². The third-order valence-corrected chi connectivity index (χ3v) is 2.36. The lowest BCUT2D eigenvalue weighted by Gasteiger charge is -2.06. The van der Waals surface area contributed by atoms with Gasteiger partial charge >= 0.3 is 0 Å². The minimum Gasteiger partial charge on any atom is -0.393 e. The summed E-state index contributed by atoms with van der Waals surface area (Å²) in [7, 11) is 0. The number of alkyl halides is 2. The van der Waals surface area contributed by atoms with Crippen molar-refractivity contribution in [2.75, 3.05) is 0 Å². The molecule has 0 bridgehead atoms. The van der Waals surface area contributed by atoms with Gasteiger partial charge in [-0.25, -0.2) is 0 Å². The smallest absolute Gasteiger partial charge is 0.288 e. The maximum absolute atomic E-state index is 12.0. The molecule has 1 aromatic carbocycles. The lowest BCUT2D eigenvalue weighted by atomic mass is 10.1. The van der Waals surface area contributed by atoms with Gasteiger partial charge in [0, 0.05) is 4.90 Å². The molecule has 1 rings (SSSR count). The van der Waals surface area contributed by atoms with Gasteiger partial charge in [0.25, 0.3) is 5.76 Å². The maximum atomic E-state index is 12.0. The second-order valence-corrected chi connectivity index (χ2v) is 4.14. The Morgan fingerprint density at radius 1 is 1.43 bits per heavy atom. The zero-order valence-corrected chi connectivity index (χ0v) is 8.60. The predicted molar refractivity (Wildman–Crippen MR) is 53.7 cm³/mol. The van der Waals surface area contributed by atoms with Crippen LogP contribution in [0.5, 0.6) is 0 Å². The number of thioether (sulfide) groups is 1. The van der Waals surface area contributed by atoms with E-state index in [2.05, 4.69) is 0 Å². The lowest BCUT2D eigenvalue weighted by molar-refractivity contribution is 0.195. The zero-order valence-electron chi connectivity index (χ0n) is 7.78. The largest absolute Gasteiger partial charge is 0.393 e. The van der Waals surface area contributed by atoms with Crippen molar-refractivity contribution in [2.24, 2.45) is 0 Å². The van der Waals surface area contributed by atoms with Gasteiger partial charge in [-0.05, 0) is 31.0 Å². The molecule has 1 nitrogen and oxygen atoms in total. The van der Waals surface area contributed by atoms with Crippen LogP contribution in [0, 0.1) is 0 Å². The van der Waals surface area contributed by atoms with Crippen molar-refractivity contribution in [3.63, 3.8) is 0 Å². The fraction of sp³-hybridized carbons (Fsp3) is 0.400. The van der Waals surface area contributed by atoms with Crippen molar-refractivity contribution in [3.8, 4) is 0 Å². The molecule has 0 radical (unpaired) electrons. The van der Waals surface area contributed by atoms with Crippen molar-refractivity contribution >= 4 is 11.8 Å². The summed E-state index contributed by atoms with van der Waals surface area (Å²) >= 11 is 0.525. The predicted octanol–water partition coefficient (Wildman–Crippen LogP) is 2.92. The van der Waals surface area contributed by atoms with Crippen LogP contribution in [-0.2, 0) is 6.42 Å². The van der Waals surface area contributed by atoms with Gasteiger partial charge in [-0.2, -0.15) is 8.78 Å². The van der Waals surface area contributed by atoms with E-state index in [0.29, 0.717) is 23.1 Å². The Labute approximate surface area is 86.1 Å². The summed E-state index contributed by atoms with van der Waals surface area (Å²) in [4.78, 5) is 0.540. The molecule has 0 amide bonds. The van der Waals surface area contributed by atoms with Crippen molar-refractivity contribution < 1.29 is 13.9 Å². The molecule has 78 valence electrons. The Morgan fingerprint density at radius 2 is 2.14 bits per heavy atom. The van der Waals surface area contributed by atoms with E-state index >= 15 is 0 Å². The summed E-state index contributed by atoms with van der Waals surface area (Å²) in [5.74, 6) is -2.39. The van der Waals surface area contributed by atoms with E-state index in [1.54, 1.807) is 25.1 Å². The van der Waals surface area contributed by atoms with Gasteiger partial charge in [-0.15, -0.1) is 0 Å². The monoisotopic (exact) mass is 218 g/mol. The highest BCUT2D eigenvalue weighted by Crippen LogP contribution is 2.25. The first kappa shape index (κ1) is 11.5. The molecule has 0 aromatic heterocycles. The van der Waals surface area contributed by atoms with E-state index in [-0.39, 0.29) is 0 Å². The van der Waals surface area contributed by atoms with Gasteiger partial charge in [-0.3, -0.25) is 0 Å². The molecule has 0 fully saturated rings. The topological polar surface area (TPSA) is 20.2 Å². The third-order valence-electron chi connectivity index (χ3n) is 1.65. The van der Waals surface area contributed by atoms with Crippen molar-refractivity contribution in [1.82, 2.24) is 0 Å². The molecular weight excluding hydrogens is 206 g/mol. The first-order valence-electron chi connectivity index (χ1n) is 4.29. The van der Waals surface area contributed by atoms with Crippen LogP contribution < -0.4 is 0 Å². The van der Waals surface area contributed by atoms with Crippen molar-refractivity contribution in [2.45, 2.75) is 30.1 Å². The molecule has 14 heavy (non-hydrogen) atoms. The first-order chi connectivity index (χ1) is 6.58. The fourth-order valence-corrected chi connectivity index (χ4v) is 1.77. The Bertz CT molecular complexity index is 264. The van der Waals surface area contributed by atoms with E-state index in [1.165, 1.54) is 0 Å². The molecule has 0 saturated carbocycles. The quantitative estimate of drug-likeness (QED) is 0.784. The van der Waals surface area contributed by atoms with E-state index in [1.807, 2.05) is 6.07 Å². The molecule has 0 spiro atoms. The molecule has 0 saturated heterocycles. The van der Waals surface area contributed by atoms with E-state index in [9.17, 15) is 8.78 Å². The number of benzene rings is 1. The highest BCUT2D eigenvalue weighted by molar-refractivity contribution is 7.99. The normalized spacial score (nSPS) is 13.2.